The van der Waals surface area contributed by atoms with Gasteiger partial charge in [-0.15, -0.1) is 13.2 Å². The van der Waals surface area contributed by atoms with Crippen LogP contribution in [0.15, 0.2) is 54.6 Å². The van der Waals surface area contributed by atoms with Crippen molar-refractivity contribution in [2.75, 3.05) is 6.54 Å². The Hall–Kier alpha value is -2.50. The van der Waals surface area contributed by atoms with E-state index >= 15 is 0 Å². The van der Waals surface area contributed by atoms with E-state index in [-0.39, 0.29) is 17.1 Å². The van der Waals surface area contributed by atoms with Gasteiger partial charge in [-0.2, -0.15) is 0 Å². The number of benzene rings is 2. The van der Waals surface area contributed by atoms with Gasteiger partial charge < -0.3 is 9.64 Å². The fourth-order valence-electron chi connectivity index (χ4n) is 2.56. The standard InChI is InChI=1S/C20H22F3NO2/c1-19(2,3)14-24(13-15-7-5-4-6-8-15)18(25)16-9-11-17(12-10-16)26-20(21,22)23/h4-12H,13-14H2,1-3H3. The lowest BCUT2D eigenvalue weighted by atomic mass is 9.95. The van der Waals surface area contributed by atoms with Crippen LogP contribution < -0.4 is 4.74 Å². The van der Waals surface area contributed by atoms with Gasteiger partial charge in [0.2, 0.25) is 0 Å². The van der Waals surface area contributed by atoms with Crippen molar-refractivity contribution in [3.05, 3.63) is 65.7 Å². The molecule has 0 spiro atoms. The Labute approximate surface area is 151 Å². The molecule has 2 aromatic carbocycles. The first-order chi connectivity index (χ1) is 12.0. The summed E-state index contributed by atoms with van der Waals surface area (Å²) in [5, 5.41) is 0. The summed E-state index contributed by atoms with van der Waals surface area (Å²) in [6, 6.07) is 14.6. The van der Waals surface area contributed by atoms with Gasteiger partial charge in [0.15, 0.2) is 0 Å². The summed E-state index contributed by atoms with van der Waals surface area (Å²) in [6.45, 7) is 7.02. The number of carbonyl (C=O) groups is 1. The molecule has 0 aliphatic heterocycles. The Balaban J connectivity index is 2.19. The highest BCUT2D eigenvalue weighted by atomic mass is 19.4. The number of rotatable bonds is 5. The van der Waals surface area contributed by atoms with E-state index in [1.807, 2.05) is 51.1 Å². The highest BCUT2D eigenvalue weighted by molar-refractivity contribution is 5.94. The third-order valence-electron chi connectivity index (χ3n) is 3.50. The van der Waals surface area contributed by atoms with Crippen LogP contribution in [-0.4, -0.2) is 23.7 Å². The summed E-state index contributed by atoms with van der Waals surface area (Å²) in [7, 11) is 0. The fourth-order valence-corrected chi connectivity index (χ4v) is 2.56. The zero-order valence-corrected chi connectivity index (χ0v) is 15.0. The molecule has 0 saturated heterocycles. The van der Waals surface area contributed by atoms with Crippen LogP contribution >= 0.6 is 0 Å². The zero-order chi connectivity index (χ0) is 19.4. The molecule has 0 fully saturated rings. The number of carbonyl (C=O) groups excluding carboxylic acids is 1. The van der Waals surface area contributed by atoms with Crippen molar-refractivity contribution in [1.29, 1.82) is 0 Å². The molecule has 0 atom stereocenters. The van der Waals surface area contributed by atoms with Crippen LogP contribution in [0.1, 0.15) is 36.7 Å². The van der Waals surface area contributed by atoms with Gasteiger partial charge in [-0.1, -0.05) is 51.1 Å². The number of halogens is 3. The van der Waals surface area contributed by atoms with Crippen molar-refractivity contribution >= 4 is 5.91 Å². The lowest BCUT2D eigenvalue weighted by molar-refractivity contribution is -0.274. The largest absolute Gasteiger partial charge is 0.573 e. The van der Waals surface area contributed by atoms with Gasteiger partial charge in [0.25, 0.3) is 5.91 Å². The topological polar surface area (TPSA) is 29.5 Å². The van der Waals surface area contributed by atoms with Gasteiger partial charge in [-0.3, -0.25) is 4.79 Å². The third kappa shape index (κ3) is 6.43. The molecule has 2 rings (SSSR count). The molecular formula is C20H22F3NO2. The Morgan fingerprint density at radius 1 is 0.962 bits per heavy atom. The van der Waals surface area contributed by atoms with E-state index in [0.717, 1.165) is 17.7 Å². The minimum absolute atomic E-state index is 0.121. The second-order valence-electron chi connectivity index (χ2n) is 7.28. The monoisotopic (exact) mass is 365 g/mol. The summed E-state index contributed by atoms with van der Waals surface area (Å²) >= 11 is 0. The molecule has 0 aliphatic rings. The molecule has 0 N–H and O–H groups in total. The molecule has 2 aromatic rings. The van der Waals surface area contributed by atoms with Gasteiger partial charge in [0, 0.05) is 18.7 Å². The van der Waals surface area contributed by atoms with Crippen LogP contribution in [0.4, 0.5) is 13.2 Å². The maximum atomic E-state index is 12.9. The molecule has 6 heteroatoms. The first-order valence-corrected chi connectivity index (χ1v) is 8.22. The van der Waals surface area contributed by atoms with Gasteiger partial charge >= 0.3 is 6.36 Å². The Morgan fingerprint density at radius 2 is 1.54 bits per heavy atom. The predicted molar refractivity (Wildman–Crippen MR) is 93.8 cm³/mol. The van der Waals surface area contributed by atoms with Crippen LogP contribution in [0.5, 0.6) is 5.75 Å². The van der Waals surface area contributed by atoms with Gasteiger partial charge in [0.05, 0.1) is 0 Å². The average molecular weight is 365 g/mol. The summed E-state index contributed by atoms with van der Waals surface area (Å²) in [5.41, 5.74) is 1.19. The SMILES string of the molecule is CC(C)(C)CN(Cc1ccccc1)C(=O)c1ccc(OC(F)(F)F)cc1. The van der Waals surface area contributed by atoms with Gasteiger partial charge in [-0.25, -0.2) is 0 Å². The van der Waals surface area contributed by atoms with Crippen LogP contribution in [0.2, 0.25) is 0 Å². The predicted octanol–water partition coefficient (Wildman–Crippen LogP) is 5.27. The van der Waals surface area contributed by atoms with E-state index < -0.39 is 6.36 Å². The van der Waals surface area contributed by atoms with Crippen LogP contribution in [-0.2, 0) is 6.54 Å². The van der Waals surface area contributed by atoms with Crippen molar-refractivity contribution in [1.82, 2.24) is 4.90 Å². The highest BCUT2D eigenvalue weighted by Crippen LogP contribution is 2.24. The van der Waals surface area contributed by atoms with E-state index in [1.165, 1.54) is 12.1 Å². The number of ether oxygens (including phenoxy) is 1. The molecule has 0 heterocycles. The second-order valence-corrected chi connectivity index (χ2v) is 7.28. The highest BCUT2D eigenvalue weighted by Gasteiger charge is 2.31. The van der Waals surface area contributed by atoms with E-state index in [9.17, 15) is 18.0 Å². The minimum Gasteiger partial charge on any atom is -0.406 e. The minimum atomic E-state index is -4.75. The second kappa shape index (κ2) is 7.81. The average Bonchev–Trinajstić information content (AvgIpc) is 2.52. The molecule has 0 radical (unpaired) electrons. The van der Waals surface area contributed by atoms with E-state index in [1.54, 1.807) is 4.90 Å². The maximum Gasteiger partial charge on any atom is 0.573 e. The summed E-state index contributed by atoms with van der Waals surface area (Å²) in [5.74, 6) is -0.582. The van der Waals surface area contributed by atoms with Crippen LogP contribution in [0, 0.1) is 5.41 Å². The molecular weight excluding hydrogens is 343 g/mol. The molecule has 3 nitrogen and oxygen atoms in total. The molecule has 140 valence electrons. The van der Waals surface area contributed by atoms with Crippen molar-refractivity contribution < 1.29 is 22.7 Å². The first kappa shape index (κ1) is 19.8. The maximum absolute atomic E-state index is 12.9. The number of amides is 1. The van der Waals surface area contributed by atoms with Crippen molar-refractivity contribution in [2.45, 2.75) is 33.7 Å². The normalized spacial score (nSPS) is 11.9. The zero-order valence-electron chi connectivity index (χ0n) is 15.0. The van der Waals surface area contributed by atoms with Gasteiger partial charge in [0.1, 0.15) is 5.75 Å². The van der Waals surface area contributed by atoms with E-state index in [4.69, 9.17) is 0 Å². The lowest BCUT2D eigenvalue weighted by Crippen LogP contribution is -2.37. The number of nitrogens with zero attached hydrogens (tertiary/aromatic N) is 1. The quantitative estimate of drug-likeness (QED) is 0.722. The van der Waals surface area contributed by atoms with E-state index in [2.05, 4.69) is 4.74 Å². The Bertz CT molecular complexity index is 719. The fraction of sp³-hybridized carbons (Fsp3) is 0.350. The van der Waals surface area contributed by atoms with Crippen LogP contribution in [0.3, 0.4) is 0 Å². The molecule has 0 unspecified atom stereocenters. The molecule has 0 bridgehead atoms. The number of hydrogen-bond donors (Lipinski definition) is 0. The molecule has 0 saturated carbocycles. The van der Waals surface area contributed by atoms with Crippen LogP contribution in [0.25, 0.3) is 0 Å². The molecule has 1 amide bonds. The molecule has 26 heavy (non-hydrogen) atoms. The summed E-state index contributed by atoms with van der Waals surface area (Å²) in [6.07, 6.45) is -4.75. The third-order valence-corrected chi connectivity index (χ3v) is 3.50. The van der Waals surface area contributed by atoms with Crippen molar-refractivity contribution in [3.8, 4) is 5.75 Å². The molecule has 0 aromatic heterocycles. The molecule has 0 aliphatic carbocycles. The number of hydrogen-bond acceptors (Lipinski definition) is 2. The summed E-state index contributed by atoms with van der Waals surface area (Å²) in [4.78, 5) is 14.6. The Kier molecular flexibility index (Phi) is 5.95. The smallest absolute Gasteiger partial charge is 0.406 e. The van der Waals surface area contributed by atoms with Crippen molar-refractivity contribution in [2.24, 2.45) is 5.41 Å². The lowest BCUT2D eigenvalue weighted by Gasteiger charge is -2.30. The Morgan fingerprint density at radius 3 is 2.04 bits per heavy atom. The van der Waals surface area contributed by atoms with Gasteiger partial charge in [-0.05, 0) is 35.2 Å². The van der Waals surface area contributed by atoms with E-state index in [0.29, 0.717) is 18.7 Å². The first-order valence-electron chi connectivity index (χ1n) is 8.22. The number of alkyl halides is 3. The summed E-state index contributed by atoms with van der Waals surface area (Å²) < 4.78 is 40.6. The van der Waals surface area contributed by atoms with Crippen molar-refractivity contribution in [3.63, 3.8) is 0 Å².